The van der Waals surface area contributed by atoms with Crippen molar-refractivity contribution in [3.63, 3.8) is 0 Å². The van der Waals surface area contributed by atoms with E-state index in [0.717, 1.165) is 96.2 Å². The van der Waals surface area contributed by atoms with Gasteiger partial charge in [0.1, 0.15) is 6.10 Å². The van der Waals surface area contributed by atoms with Crippen LogP contribution in [0, 0.1) is 0 Å². The van der Waals surface area contributed by atoms with Crippen LogP contribution in [-0.4, -0.2) is 75.8 Å². The van der Waals surface area contributed by atoms with Crippen LogP contribution in [0.1, 0.15) is 239 Å². The Labute approximate surface area is 350 Å². The standard InChI is InChI=1S/C48H96N2O5S/c1-7-10-13-16-19-28-35-45-54-46(4)37-29-22-20-26-33-42-50(44-36-41-49(5)56(6,52)53)43-34-27-21-25-32-40-48(51)55-47(38-30-23-17-14-11-8-2)39-31-24-18-15-12-9-3/h47H,4,7-45H2,1-3,5-6H3. The molecule has 0 aromatic rings. The summed E-state index contributed by atoms with van der Waals surface area (Å²) in [6.45, 7) is 15.4. The fourth-order valence-electron chi connectivity index (χ4n) is 7.50. The Balaban J connectivity index is 4.39. The second-order valence-corrected chi connectivity index (χ2v) is 19.1. The minimum atomic E-state index is -3.14. The van der Waals surface area contributed by atoms with Gasteiger partial charge in [-0.3, -0.25) is 4.79 Å². The van der Waals surface area contributed by atoms with Crippen molar-refractivity contribution in [3.8, 4) is 0 Å². The summed E-state index contributed by atoms with van der Waals surface area (Å²) in [5.74, 6) is 0.960. The Morgan fingerprint density at radius 1 is 0.518 bits per heavy atom. The quantitative estimate of drug-likeness (QED) is 0.0346. The lowest BCUT2D eigenvalue weighted by Crippen LogP contribution is -2.32. The van der Waals surface area contributed by atoms with Crippen LogP contribution in [0.25, 0.3) is 0 Å². The number of nitrogens with zero attached hydrogens (tertiary/aromatic N) is 2. The predicted octanol–water partition coefficient (Wildman–Crippen LogP) is 13.9. The van der Waals surface area contributed by atoms with Crippen molar-refractivity contribution in [2.45, 2.75) is 245 Å². The first-order valence-electron chi connectivity index (χ1n) is 24.3. The first-order valence-corrected chi connectivity index (χ1v) is 26.1. The average Bonchev–Trinajstić information content (AvgIpc) is 3.16. The number of carbonyl (C=O) groups is 1. The summed E-state index contributed by atoms with van der Waals surface area (Å²) in [6, 6.07) is 0. The molecule has 0 fully saturated rings. The van der Waals surface area contributed by atoms with E-state index in [4.69, 9.17) is 9.47 Å². The van der Waals surface area contributed by atoms with Crippen LogP contribution < -0.4 is 0 Å². The average molecular weight is 813 g/mol. The van der Waals surface area contributed by atoms with Gasteiger partial charge in [0.2, 0.25) is 10.0 Å². The maximum absolute atomic E-state index is 12.8. The van der Waals surface area contributed by atoms with Crippen LogP contribution in [-0.2, 0) is 24.3 Å². The molecule has 0 atom stereocenters. The molecule has 0 saturated carbocycles. The third-order valence-electron chi connectivity index (χ3n) is 11.4. The van der Waals surface area contributed by atoms with E-state index in [1.165, 1.54) is 158 Å². The van der Waals surface area contributed by atoms with Gasteiger partial charge in [-0.1, -0.05) is 169 Å². The van der Waals surface area contributed by atoms with E-state index >= 15 is 0 Å². The first kappa shape index (κ1) is 54.9. The number of esters is 1. The van der Waals surface area contributed by atoms with Gasteiger partial charge in [-0.15, -0.1) is 0 Å². The number of hydrogen-bond donors (Lipinski definition) is 0. The summed E-state index contributed by atoms with van der Waals surface area (Å²) >= 11 is 0. The highest BCUT2D eigenvalue weighted by Gasteiger charge is 2.15. The van der Waals surface area contributed by atoms with E-state index in [9.17, 15) is 13.2 Å². The van der Waals surface area contributed by atoms with Crippen LogP contribution in [0.2, 0.25) is 0 Å². The minimum absolute atomic E-state index is 0.00858. The number of hydrogen-bond acceptors (Lipinski definition) is 6. The van der Waals surface area contributed by atoms with Crippen molar-refractivity contribution in [3.05, 3.63) is 12.3 Å². The van der Waals surface area contributed by atoms with Gasteiger partial charge in [0.05, 0.1) is 18.6 Å². The maximum atomic E-state index is 12.8. The lowest BCUT2D eigenvalue weighted by Gasteiger charge is -2.23. The predicted molar refractivity (Wildman–Crippen MR) is 243 cm³/mol. The van der Waals surface area contributed by atoms with Crippen molar-refractivity contribution in [2.75, 3.05) is 46.1 Å². The van der Waals surface area contributed by atoms with Crippen molar-refractivity contribution < 1.29 is 22.7 Å². The number of allylic oxidation sites excluding steroid dienone is 1. The largest absolute Gasteiger partial charge is 0.499 e. The Bertz CT molecular complexity index is 959. The molecular weight excluding hydrogens is 717 g/mol. The van der Waals surface area contributed by atoms with Gasteiger partial charge in [0.15, 0.2) is 0 Å². The second kappa shape index (κ2) is 40.7. The molecule has 8 heteroatoms. The zero-order chi connectivity index (χ0) is 41.4. The molecule has 0 aliphatic heterocycles. The molecule has 0 amide bonds. The summed E-state index contributed by atoms with van der Waals surface area (Å²) in [4.78, 5) is 15.4. The first-order chi connectivity index (χ1) is 27.1. The summed E-state index contributed by atoms with van der Waals surface area (Å²) in [7, 11) is -1.47. The summed E-state index contributed by atoms with van der Waals surface area (Å²) in [5, 5.41) is 0. The maximum Gasteiger partial charge on any atom is 0.306 e. The molecule has 0 saturated heterocycles. The normalized spacial score (nSPS) is 12.0. The third kappa shape index (κ3) is 38.4. The Morgan fingerprint density at radius 2 is 0.911 bits per heavy atom. The minimum Gasteiger partial charge on any atom is -0.499 e. The number of unbranched alkanes of at least 4 members (excludes halogenated alkanes) is 24. The van der Waals surface area contributed by atoms with Crippen molar-refractivity contribution in [2.24, 2.45) is 0 Å². The van der Waals surface area contributed by atoms with Gasteiger partial charge in [-0.05, 0) is 83.8 Å². The zero-order valence-electron chi connectivity index (χ0n) is 38.2. The Morgan fingerprint density at radius 3 is 1.39 bits per heavy atom. The second-order valence-electron chi connectivity index (χ2n) is 17.0. The molecule has 0 N–H and O–H groups in total. The molecule has 0 aliphatic carbocycles. The van der Waals surface area contributed by atoms with Gasteiger partial charge < -0.3 is 14.4 Å². The van der Waals surface area contributed by atoms with E-state index in [1.54, 1.807) is 7.05 Å². The number of rotatable bonds is 45. The lowest BCUT2D eigenvalue weighted by atomic mass is 10.0. The SMILES string of the molecule is C=C(CCCCCCCN(CCCCCCCC(=O)OC(CCCCCCCC)CCCCCCCC)CCCN(C)S(C)(=O)=O)OCCCCCCCCC. The van der Waals surface area contributed by atoms with Gasteiger partial charge in [-0.2, -0.15) is 0 Å². The van der Waals surface area contributed by atoms with Crippen LogP contribution >= 0.6 is 0 Å². The molecule has 0 rings (SSSR count). The molecule has 334 valence electrons. The van der Waals surface area contributed by atoms with Crippen LogP contribution in [0.5, 0.6) is 0 Å². The molecule has 56 heavy (non-hydrogen) atoms. The van der Waals surface area contributed by atoms with E-state index in [2.05, 4.69) is 32.3 Å². The van der Waals surface area contributed by atoms with Gasteiger partial charge >= 0.3 is 5.97 Å². The van der Waals surface area contributed by atoms with E-state index in [-0.39, 0.29) is 12.1 Å². The zero-order valence-corrected chi connectivity index (χ0v) is 39.0. The molecule has 0 spiro atoms. The van der Waals surface area contributed by atoms with Gasteiger partial charge in [-0.25, -0.2) is 12.7 Å². The summed E-state index contributed by atoms with van der Waals surface area (Å²) in [6.07, 6.45) is 41.7. The fourth-order valence-corrected chi connectivity index (χ4v) is 7.96. The molecule has 0 radical (unpaired) electrons. The summed E-state index contributed by atoms with van der Waals surface area (Å²) in [5.41, 5.74) is 0. The molecule has 0 aromatic carbocycles. The Kier molecular flexibility index (Phi) is 39.8. The van der Waals surface area contributed by atoms with E-state index < -0.39 is 10.0 Å². The lowest BCUT2D eigenvalue weighted by molar-refractivity contribution is -0.150. The number of sulfonamides is 1. The van der Waals surface area contributed by atoms with Gasteiger partial charge in [0, 0.05) is 26.4 Å². The van der Waals surface area contributed by atoms with Crippen molar-refractivity contribution in [1.29, 1.82) is 0 Å². The monoisotopic (exact) mass is 813 g/mol. The molecule has 0 aromatic heterocycles. The van der Waals surface area contributed by atoms with Gasteiger partial charge in [0.25, 0.3) is 0 Å². The highest BCUT2D eigenvalue weighted by Crippen LogP contribution is 2.19. The molecule has 7 nitrogen and oxygen atoms in total. The Hall–Kier alpha value is -1.12. The summed E-state index contributed by atoms with van der Waals surface area (Å²) < 4.78 is 37.2. The smallest absolute Gasteiger partial charge is 0.306 e. The fraction of sp³-hybridized carbons (Fsp3) is 0.938. The van der Waals surface area contributed by atoms with Crippen LogP contribution in [0.4, 0.5) is 0 Å². The topological polar surface area (TPSA) is 76.2 Å². The molecule has 0 bridgehead atoms. The third-order valence-corrected chi connectivity index (χ3v) is 12.7. The molecule has 0 unspecified atom stereocenters. The van der Waals surface area contributed by atoms with Crippen LogP contribution in [0.15, 0.2) is 12.3 Å². The van der Waals surface area contributed by atoms with E-state index in [0.29, 0.717) is 13.0 Å². The van der Waals surface area contributed by atoms with Crippen molar-refractivity contribution in [1.82, 2.24) is 9.21 Å². The van der Waals surface area contributed by atoms with E-state index in [1.807, 2.05) is 0 Å². The molecule has 0 heterocycles. The number of carbonyl (C=O) groups excluding carboxylic acids is 1. The molecule has 0 aliphatic rings. The highest BCUT2D eigenvalue weighted by molar-refractivity contribution is 7.88. The highest BCUT2D eigenvalue weighted by atomic mass is 32.2. The van der Waals surface area contributed by atoms with Crippen molar-refractivity contribution >= 4 is 16.0 Å². The number of ether oxygens (including phenoxy) is 2. The van der Waals surface area contributed by atoms with Crippen LogP contribution in [0.3, 0.4) is 0 Å². The molecular formula is C48H96N2O5S.